The molecule has 3 N–H and O–H groups in total. The lowest BCUT2D eigenvalue weighted by Gasteiger charge is -2.28. The molecule has 0 unspecified atom stereocenters. The molecule has 7 aromatic rings. The van der Waals surface area contributed by atoms with E-state index in [0.717, 1.165) is 33.4 Å². The van der Waals surface area contributed by atoms with Gasteiger partial charge in [0.25, 0.3) is 0 Å². The molecule has 2 aromatic heterocycles. The Morgan fingerprint density at radius 1 is 0.585 bits per heavy atom. The molecule has 0 saturated heterocycles. The average molecular weight is 592 g/mol. The zero-order chi connectivity index (χ0) is 26.2. The lowest BCUT2D eigenvalue weighted by Crippen LogP contribution is -3.00. The highest BCUT2D eigenvalue weighted by molar-refractivity contribution is 8.02. The Kier molecular flexibility index (Phi) is 8.16. The molecule has 5 aromatic carbocycles. The van der Waals surface area contributed by atoms with Gasteiger partial charge in [0, 0.05) is 5.56 Å². The van der Waals surface area contributed by atoms with Crippen molar-refractivity contribution in [2.24, 2.45) is 0 Å². The highest BCUT2D eigenvalue weighted by Crippen LogP contribution is 2.55. The summed E-state index contributed by atoms with van der Waals surface area (Å²) in [5.74, 6) is 0.837. The minimum atomic E-state index is -2.47. The van der Waals surface area contributed by atoms with Gasteiger partial charge >= 0.3 is 0 Å². The van der Waals surface area contributed by atoms with Gasteiger partial charge in [-0.3, -0.25) is 4.40 Å². The second-order valence-corrected chi connectivity index (χ2v) is 13.2. The quantitative estimate of drug-likeness (QED) is 0.247. The number of imidazole rings is 1. The molecule has 0 bridgehead atoms. The number of aromatic nitrogens is 3. The third kappa shape index (κ3) is 4.57. The molecule has 0 aliphatic carbocycles. The largest absolute Gasteiger partial charge is 1.00 e. The summed E-state index contributed by atoms with van der Waals surface area (Å²) in [6.45, 7) is 0. The van der Waals surface area contributed by atoms with E-state index in [1.54, 1.807) is 0 Å². The summed E-state index contributed by atoms with van der Waals surface area (Å²) in [7, 11) is -2.47. The van der Waals surface area contributed by atoms with Crippen molar-refractivity contribution in [2.45, 2.75) is 0 Å². The Hall–Kier alpha value is -4.12. The maximum Gasteiger partial charge on any atom is 0.187 e. The monoisotopic (exact) mass is 591 g/mol. The van der Waals surface area contributed by atoms with Crippen LogP contribution in [0, 0.1) is 4.64 Å². The first kappa shape index (κ1) is 28.4. The third-order valence-electron chi connectivity index (χ3n) is 7.27. The van der Waals surface area contributed by atoms with Gasteiger partial charge in [0.1, 0.15) is 21.7 Å². The molecular formula is C34H27ClN3OPS. The second-order valence-electron chi connectivity index (χ2n) is 9.46. The molecule has 2 heterocycles. The predicted octanol–water partition coefficient (Wildman–Crippen LogP) is 3.01. The first-order valence-corrected chi connectivity index (χ1v) is 15.1. The number of H-pyrrole nitrogens is 1. The highest BCUT2D eigenvalue weighted by Gasteiger charge is 2.51. The minimum Gasteiger partial charge on any atom is -1.00 e. The van der Waals surface area contributed by atoms with Crippen LogP contribution in [0.1, 0.15) is 0 Å². The lowest BCUT2D eigenvalue weighted by atomic mass is 10.2. The van der Waals surface area contributed by atoms with E-state index in [1.165, 1.54) is 15.9 Å². The van der Waals surface area contributed by atoms with E-state index in [0.29, 0.717) is 4.64 Å². The van der Waals surface area contributed by atoms with Crippen LogP contribution in [0.25, 0.3) is 28.1 Å². The van der Waals surface area contributed by atoms with E-state index in [2.05, 4.69) is 137 Å². The van der Waals surface area contributed by atoms with E-state index in [9.17, 15) is 0 Å². The molecule has 202 valence electrons. The zero-order valence-electron chi connectivity index (χ0n) is 22.0. The van der Waals surface area contributed by atoms with Crippen LogP contribution in [0.3, 0.4) is 0 Å². The van der Waals surface area contributed by atoms with Crippen LogP contribution >= 0.6 is 19.5 Å². The van der Waals surface area contributed by atoms with E-state index in [1.807, 2.05) is 18.2 Å². The smallest absolute Gasteiger partial charge is 0.187 e. The van der Waals surface area contributed by atoms with Gasteiger partial charge in [0.15, 0.2) is 22.9 Å². The fraction of sp³-hybridized carbons (Fsp3) is 0. The van der Waals surface area contributed by atoms with Gasteiger partial charge < -0.3 is 22.9 Å². The molecule has 0 amide bonds. The first-order valence-electron chi connectivity index (χ1n) is 12.9. The van der Waals surface area contributed by atoms with Crippen molar-refractivity contribution in [3.63, 3.8) is 0 Å². The Labute approximate surface area is 250 Å². The number of nitrogens with one attached hydrogen (secondary N) is 1. The van der Waals surface area contributed by atoms with E-state index < -0.39 is 7.26 Å². The Morgan fingerprint density at radius 2 is 1.02 bits per heavy atom. The number of aromatic amines is 1. The number of hydrogen-bond donors (Lipinski definition) is 1. The summed E-state index contributed by atoms with van der Waals surface area (Å²) >= 11 is 6.30. The van der Waals surface area contributed by atoms with Gasteiger partial charge in [0.05, 0.1) is 11.0 Å². The summed E-state index contributed by atoms with van der Waals surface area (Å²) in [6.07, 6.45) is 0. The molecule has 0 radical (unpaired) electrons. The number of hydrogen-bond acceptors (Lipinski definition) is 2. The van der Waals surface area contributed by atoms with Crippen LogP contribution in [0.5, 0.6) is 0 Å². The van der Waals surface area contributed by atoms with Gasteiger partial charge in [-0.05, 0) is 48.5 Å². The van der Waals surface area contributed by atoms with Crippen LogP contribution in [0.15, 0.2) is 146 Å². The van der Waals surface area contributed by atoms with Crippen LogP contribution in [-0.4, -0.2) is 19.8 Å². The second kappa shape index (κ2) is 11.8. The number of rotatable bonds is 5. The maximum absolute atomic E-state index is 6.30. The Balaban J connectivity index is 0.00000169. The number of fused-ring (bicyclic) bond motifs is 3. The van der Waals surface area contributed by atoms with Crippen molar-refractivity contribution >= 4 is 57.4 Å². The fourth-order valence-corrected chi connectivity index (χ4v) is 10.6. The number of benzene rings is 5. The topological polar surface area (TPSA) is 64.6 Å². The van der Waals surface area contributed by atoms with Crippen molar-refractivity contribution in [1.29, 1.82) is 0 Å². The summed E-state index contributed by atoms with van der Waals surface area (Å²) in [5, 5.41) is 4.78. The standard InChI is InChI=1S/C34H24N3PS.ClH.H2O/c39-34-31(33-35-29-23-13-14-24-30(29)37(33)32(36-34)25-15-5-1-6-16-25)38(26-17-7-2-8-18-26,27-19-9-3-10-20-27)28-21-11-4-12-22-28;;/h1-24H;1H;1H2. The predicted molar refractivity (Wildman–Crippen MR) is 172 cm³/mol. The maximum atomic E-state index is 6.30. The van der Waals surface area contributed by atoms with Crippen LogP contribution in [0.2, 0.25) is 0 Å². The molecule has 7 heteroatoms. The molecule has 0 spiro atoms. The molecule has 0 saturated carbocycles. The van der Waals surface area contributed by atoms with E-state index in [4.69, 9.17) is 17.2 Å². The molecule has 4 nitrogen and oxygen atoms in total. The van der Waals surface area contributed by atoms with Crippen LogP contribution in [0.4, 0.5) is 0 Å². The molecule has 7 rings (SSSR count). The average Bonchev–Trinajstić information content (AvgIpc) is 3.40. The molecule has 0 atom stereocenters. The lowest BCUT2D eigenvalue weighted by molar-refractivity contribution is -0.00000865. The minimum absolute atomic E-state index is 0. The van der Waals surface area contributed by atoms with Gasteiger partial charge in [-0.15, -0.1) is 0 Å². The third-order valence-corrected chi connectivity index (χ3v) is 12.0. The summed E-state index contributed by atoms with van der Waals surface area (Å²) in [6, 6.07) is 51.2. The van der Waals surface area contributed by atoms with Crippen LogP contribution in [-0.2, 0) is 0 Å². The molecule has 0 aliphatic heterocycles. The van der Waals surface area contributed by atoms with Gasteiger partial charge in [-0.25, -0.2) is 4.98 Å². The SMILES string of the molecule is O.S=c1nc(-c2ccccc2)n2c([nH]c3ccccc32)c1[P+](c1ccccc1)(c1ccccc1)c1ccccc1.[Cl-]. The summed E-state index contributed by atoms with van der Waals surface area (Å²) < 4.78 is 2.88. The Morgan fingerprint density at radius 3 is 1.54 bits per heavy atom. The van der Waals surface area contributed by atoms with Crippen molar-refractivity contribution < 1.29 is 17.9 Å². The van der Waals surface area contributed by atoms with Gasteiger partial charge in [0.2, 0.25) is 0 Å². The number of nitrogens with zero attached hydrogens (tertiary/aromatic N) is 2. The van der Waals surface area contributed by atoms with E-state index >= 15 is 0 Å². The molecule has 0 fully saturated rings. The molecular weight excluding hydrogens is 565 g/mol. The number of halogens is 1. The fourth-order valence-electron chi connectivity index (χ4n) is 5.64. The summed E-state index contributed by atoms with van der Waals surface area (Å²) in [5.41, 5.74) is 4.13. The highest BCUT2D eigenvalue weighted by atomic mass is 35.5. The van der Waals surface area contributed by atoms with Crippen molar-refractivity contribution in [3.8, 4) is 11.4 Å². The Bertz CT molecular complexity index is 1880. The van der Waals surface area contributed by atoms with Crippen molar-refractivity contribution in [2.75, 3.05) is 0 Å². The first-order chi connectivity index (χ1) is 19.3. The number of para-hydroxylation sites is 2. The zero-order valence-corrected chi connectivity index (χ0v) is 24.5. The van der Waals surface area contributed by atoms with Crippen LogP contribution < -0.4 is 33.6 Å². The van der Waals surface area contributed by atoms with E-state index in [-0.39, 0.29) is 17.9 Å². The molecule has 0 aliphatic rings. The summed E-state index contributed by atoms with van der Waals surface area (Å²) in [4.78, 5) is 9.02. The molecule has 41 heavy (non-hydrogen) atoms. The normalized spacial score (nSPS) is 11.1. The van der Waals surface area contributed by atoms with Crippen molar-refractivity contribution in [3.05, 3.63) is 150 Å². The van der Waals surface area contributed by atoms with Gasteiger partial charge in [-0.1, -0.05) is 109 Å². The van der Waals surface area contributed by atoms with Gasteiger partial charge in [-0.2, -0.15) is 0 Å². The van der Waals surface area contributed by atoms with Crippen molar-refractivity contribution in [1.82, 2.24) is 14.4 Å².